The highest BCUT2D eigenvalue weighted by Crippen LogP contribution is 2.24. The van der Waals surface area contributed by atoms with Crippen molar-refractivity contribution in [3.8, 4) is 16.9 Å². The van der Waals surface area contributed by atoms with Gasteiger partial charge in [0.25, 0.3) is 0 Å². The Labute approximate surface area is 104 Å². The van der Waals surface area contributed by atoms with Crippen molar-refractivity contribution in [3.63, 3.8) is 0 Å². The molecule has 2 rings (SSSR count). The van der Waals surface area contributed by atoms with Crippen LogP contribution in [0.4, 0.5) is 0 Å². The number of nitrogens with zero attached hydrogens (tertiary/aromatic N) is 2. The largest absolute Gasteiger partial charge is 0.508 e. The molecule has 0 bridgehead atoms. The van der Waals surface area contributed by atoms with E-state index in [-0.39, 0.29) is 5.75 Å². The van der Waals surface area contributed by atoms with Crippen LogP contribution in [0.2, 0.25) is 0 Å². The van der Waals surface area contributed by atoms with Gasteiger partial charge in [0, 0.05) is 11.8 Å². The summed E-state index contributed by atoms with van der Waals surface area (Å²) < 4.78 is 1.40. The van der Waals surface area contributed by atoms with Gasteiger partial charge in [0.1, 0.15) is 5.75 Å². The monoisotopic (exact) mass is 246 g/mol. The average Bonchev–Trinajstić information content (AvgIpc) is 2.78. The third kappa shape index (κ3) is 2.07. The van der Waals surface area contributed by atoms with Gasteiger partial charge in [-0.05, 0) is 31.5 Å². The summed E-state index contributed by atoms with van der Waals surface area (Å²) in [6.45, 7) is 3.16. The lowest BCUT2D eigenvalue weighted by atomic mass is 10.1. The van der Waals surface area contributed by atoms with Crippen LogP contribution < -0.4 is 0 Å². The molecule has 5 heteroatoms. The molecule has 1 aromatic heterocycles. The molecule has 0 saturated heterocycles. The van der Waals surface area contributed by atoms with Crippen LogP contribution in [0, 0.1) is 0 Å². The minimum absolute atomic E-state index is 0.165. The van der Waals surface area contributed by atoms with Crippen LogP contribution in [-0.4, -0.2) is 26.0 Å². The van der Waals surface area contributed by atoms with E-state index in [4.69, 9.17) is 5.11 Å². The van der Waals surface area contributed by atoms with Crippen LogP contribution >= 0.6 is 0 Å². The van der Waals surface area contributed by atoms with Gasteiger partial charge < -0.3 is 10.2 Å². The summed E-state index contributed by atoms with van der Waals surface area (Å²) in [5, 5.41) is 22.6. The first-order valence-electron chi connectivity index (χ1n) is 5.49. The van der Waals surface area contributed by atoms with E-state index >= 15 is 0 Å². The minimum Gasteiger partial charge on any atom is -0.508 e. The number of benzene rings is 1. The number of aromatic nitrogens is 2. The van der Waals surface area contributed by atoms with Crippen molar-refractivity contribution in [1.82, 2.24) is 9.78 Å². The Hall–Kier alpha value is -2.30. The summed E-state index contributed by atoms with van der Waals surface area (Å²) in [7, 11) is 0. The summed E-state index contributed by atoms with van der Waals surface area (Å²) in [4.78, 5) is 11.1. The molecule has 0 saturated carbocycles. The topological polar surface area (TPSA) is 75.3 Å². The second-order valence-corrected chi connectivity index (χ2v) is 4.59. The smallest absolute Gasteiger partial charge is 0.331 e. The van der Waals surface area contributed by atoms with Gasteiger partial charge in [-0.1, -0.05) is 12.1 Å². The normalized spacial score (nSPS) is 11.4. The Morgan fingerprint density at radius 1 is 1.33 bits per heavy atom. The zero-order valence-corrected chi connectivity index (χ0v) is 10.2. The van der Waals surface area contributed by atoms with Crippen molar-refractivity contribution < 1.29 is 15.0 Å². The molecule has 0 aliphatic heterocycles. The van der Waals surface area contributed by atoms with Gasteiger partial charge in [0.2, 0.25) is 0 Å². The van der Waals surface area contributed by atoms with Crippen LogP contribution in [-0.2, 0) is 10.3 Å². The molecule has 0 atom stereocenters. The van der Waals surface area contributed by atoms with E-state index in [9.17, 15) is 9.90 Å². The molecule has 2 N–H and O–H groups in total. The molecule has 0 radical (unpaired) electrons. The van der Waals surface area contributed by atoms with Gasteiger partial charge >= 0.3 is 5.97 Å². The molecule has 0 spiro atoms. The summed E-state index contributed by atoms with van der Waals surface area (Å²) in [5.74, 6) is -0.786. The van der Waals surface area contributed by atoms with Crippen LogP contribution in [0.15, 0.2) is 36.7 Å². The lowest BCUT2D eigenvalue weighted by Crippen LogP contribution is -2.35. The Balaban J connectivity index is 2.40. The number of hydrogen-bond acceptors (Lipinski definition) is 3. The number of carbonyl (C=O) groups is 1. The fourth-order valence-electron chi connectivity index (χ4n) is 1.56. The van der Waals surface area contributed by atoms with Gasteiger partial charge in [-0.3, -0.25) is 4.68 Å². The minimum atomic E-state index is -1.10. The molecule has 2 aromatic rings. The first kappa shape index (κ1) is 12.2. The molecule has 0 unspecified atom stereocenters. The van der Waals surface area contributed by atoms with Crippen LogP contribution in [0.1, 0.15) is 13.8 Å². The first-order chi connectivity index (χ1) is 8.41. The van der Waals surface area contributed by atoms with E-state index in [1.807, 2.05) is 6.07 Å². The van der Waals surface area contributed by atoms with E-state index in [1.54, 1.807) is 44.4 Å². The third-order valence-corrected chi connectivity index (χ3v) is 2.86. The Morgan fingerprint density at radius 3 is 2.67 bits per heavy atom. The zero-order valence-electron chi connectivity index (χ0n) is 10.2. The first-order valence-corrected chi connectivity index (χ1v) is 5.49. The molecule has 1 aromatic carbocycles. The third-order valence-electron chi connectivity index (χ3n) is 2.86. The number of rotatable bonds is 3. The number of carboxylic acid groups (broad SMARTS) is 1. The lowest BCUT2D eigenvalue weighted by Gasteiger charge is -2.19. The maximum Gasteiger partial charge on any atom is 0.331 e. The molecule has 0 aliphatic carbocycles. The number of carboxylic acids is 1. The van der Waals surface area contributed by atoms with Crippen LogP contribution in [0.5, 0.6) is 5.75 Å². The van der Waals surface area contributed by atoms with E-state index in [0.29, 0.717) is 0 Å². The summed E-state index contributed by atoms with van der Waals surface area (Å²) in [6, 6.07) is 6.74. The van der Waals surface area contributed by atoms with Gasteiger partial charge in [-0.2, -0.15) is 5.10 Å². The van der Waals surface area contributed by atoms with Gasteiger partial charge in [-0.25, -0.2) is 4.79 Å². The van der Waals surface area contributed by atoms with Crippen molar-refractivity contribution in [2.45, 2.75) is 19.4 Å². The van der Waals surface area contributed by atoms with Gasteiger partial charge in [-0.15, -0.1) is 0 Å². The predicted molar refractivity (Wildman–Crippen MR) is 66.3 cm³/mol. The quantitative estimate of drug-likeness (QED) is 0.869. The Morgan fingerprint density at radius 2 is 2.06 bits per heavy atom. The van der Waals surface area contributed by atoms with Crippen molar-refractivity contribution in [1.29, 1.82) is 0 Å². The highest BCUT2D eigenvalue weighted by Gasteiger charge is 2.30. The maximum atomic E-state index is 11.1. The lowest BCUT2D eigenvalue weighted by molar-refractivity contribution is -0.146. The van der Waals surface area contributed by atoms with Crippen molar-refractivity contribution >= 4 is 5.97 Å². The van der Waals surface area contributed by atoms with E-state index < -0.39 is 11.5 Å². The highest BCUT2D eigenvalue weighted by atomic mass is 16.4. The van der Waals surface area contributed by atoms with E-state index in [0.717, 1.165) is 11.1 Å². The van der Waals surface area contributed by atoms with Crippen LogP contribution in [0.25, 0.3) is 11.1 Å². The van der Waals surface area contributed by atoms with Crippen LogP contribution in [0.3, 0.4) is 0 Å². The number of aliphatic carboxylic acids is 1. The zero-order chi connectivity index (χ0) is 13.3. The maximum absolute atomic E-state index is 11.1. The predicted octanol–water partition coefficient (Wildman–Crippen LogP) is 2.08. The van der Waals surface area contributed by atoms with Crippen molar-refractivity contribution in [3.05, 3.63) is 36.7 Å². The number of phenolic OH excluding ortho intramolecular Hbond substituents is 1. The Bertz CT molecular complexity index is 587. The average molecular weight is 246 g/mol. The van der Waals surface area contributed by atoms with Crippen molar-refractivity contribution in [2.24, 2.45) is 0 Å². The molecule has 94 valence electrons. The van der Waals surface area contributed by atoms with Gasteiger partial charge in [0.05, 0.1) is 6.20 Å². The molecule has 5 nitrogen and oxygen atoms in total. The fraction of sp³-hybridized carbons (Fsp3) is 0.231. The Kier molecular flexibility index (Phi) is 2.82. The molecule has 0 fully saturated rings. The second kappa shape index (κ2) is 4.18. The molecule has 0 aliphatic rings. The number of hydrogen-bond donors (Lipinski definition) is 2. The molecular weight excluding hydrogens is 232 g/mol. The second-order valence-electron chi connectivity index (χ2n) is 4.59. The molecule has 0 amide bonds. The highest BCUT2D eigenvalue weighted by molar-refractivity contribution is 5.76. The summed E-state index contributed by atoms with van der Waals surface area (Å²) >= 11 is 0. The number of aromatic hydroxyl groups is 1. The fourth-order valence-corrected chi connectivity index (χ4v) is 1.56. The standard InChI is InChI=1S/C13H14N2O3/c1-13(2,12(17)18)15-8-10(7-14-15)9-4-3-5-11(16)6-9/h3-8,16H,1-2H3,(H,17,18). The van der Waals surface area contributed by atoms with E-state index in [2.05, 4.69) is 5.10 Å². The van der Waals surface area contributed by atoms with Crippen molar-refractivity contribution in [2.75, 3.05) is 0 Å². The van der Waals surface area contributed by atoms with E-state index in [1.165, 1.54) is 4.68 Å². The molecule has 1 heterocycles. The summed E-state index contributed by atoms with van der Waals surface area (Å²) in [6.07, 6.45) is 3.24. The molecular formula is C13H14N2O3. The molecule has 18 heavy (non-hydrogen) atoms. The SMILES string of the molecule is CC(C)(C(=O)O)n1cc(-c2cccc(O)c2)cn1. The number of phenols is 1. The van der Waals surface area contributed by atoms with Gasteiger partial charge in [0.15, 0.2) is 5.54 Å². The summed E-state index contributed by atoms with van der Waals surface area (Å²) in [5.41, 5.74) is 0.456.